The van der Waals surface area contributed by atoms with Gasteiger partial charge < -0.3 is 9.80 Å². The van der Waals surface area contributed by atoms with Gasteiger partial charge in [0.05, 0.1) is 11.1 Å². The molecule has 2 aromatic heterocycles. The Bertz CT molecular complexity index is 1090. The number of hydrogen-bond acceptors (Lipinski definition) is 6. The van der Waals surface area contributed by atoms with Crippen LogP contribution in [0.25, 0.3) is 0 Å². The predicted octanol–water partition coefficient (Wildman–Crippen LogP) is 4.22. The number of pyridine rings is 2. The maximum Gasteiger partial charge on any atom is 0.256 e. The first kappa shape index (κ1) is 20.4. The largest absolute Gasteiger partial charge is 0.352 e. The highest BCUT2D eigenvalue weighted by atomic mass is 79.9. The van der Waals surface area contributed by atoms with Gasteiger partial charge in [-0.15, -0.1) is 0 Å². The number of nitrogens with zero attached hydrogens (tertiary/aromatic N) is 5. The second-order valence-electron chi connectivity index (χ2n) is 6.68. The number of halogens is 1. The highest BCUT2D eigenvalue weighted by molar-refractivity contribution is 9.10. The van der Waals surface area contributed by atoms with Crippen LogP contribution in [0.2, 0.25) is 0 Å². The monoisotopic (exact) mass is 479 g/mol. The third-order valence-corrected chi connectivity index (χ3v) is 6.36. The van der Waals surface area contributed by atoms with Crippen molar-refractivity contribution in [3.05, 3.63) is 76.5 Å². The van der Waals surface area contributed by atoms with E-state index in [-0.39, 0.29) is 5.91 Å². The third-order valence-electron chi connectivity index (χ3n) is 4.80. The van der Waals surface area contributed by atoms with Crippen molar-refractivity contribution in [3.8, 4) is 6.07 Å². The summed E-state index contributed by atoms with van der Waals surface area (Å²) in [6.45, 7) is 2.40. The van der Waals surface area contributed by atoms with E-state index in [9.17, 15) is 10.1 Å². The van der Waals surface area contributed by atoms with Crippen LogP contribution in [0.5, 0.6) is 0 Å². The van der Waals surface area contributed by atoms with Gasteiger partial charge in [0.25, 0.3) is 5.91 Å². The first-order chi connectivity index (χ1) is 14.7. The highest BCUT2D eigenvalue weighted by Crippen LogP contribution is 2.30. The van der Waals surface area contributed by atoms with Crippen LogP contribution in [0.3, 0.4) is 0 Å². The normalized spacial score (nSPS) is 13.7. The van der Waals surface area contributed by atoms with Gasteiger partial charge in [0, 0.05) is 47.9 Å². The summed E-state index contributed by atoms with van der Waals surface area (Å²) in [6, 6.07) is 17.3. The predicted molar refractivity (Wildman–Crippen MR) is 120 cm³/mol. The second-order valence-corrected chi connectivity index (χ2v) is 8.66. The van der Waals surface area contributed by atoms with Crippen LogP contribution in [0.1, 0.15) is 15.9 Å². The molecule has 1 aromatic carbocycles. The molecule has 4 rings (SSSR count). The summed E-state index contributed by atoms with van der Waals surface area (Å²) in [5.41, 5.74) is 1.16. The molecule has 0 spiro atoms. The topological polar surface area (TPSA) is 73.1 Å². The van der Waals surface area contributed by atoms with Gasteiger partial charge >= 0.3 is 0 Å². The fraction of sp³-hybridized carbons (Fsp3) is 0.182. The number of piperazine rings is 1. The minimum atomic E-state index is -0.0242. The lowest BCUT2D eigenvalue weighted by Gasteiger charge is -2.35. The standard InChI is InChI=1S/C22H18BrN5OS/c23-17-5-7-18(8-6-17)30-21-19(4-2-10-26-21)22(29)28-13-11-27(12-14-28)20-16(15-24)3-1-9-25-20/h1-10H,11-14H2. The van der Waals surface area contributed by atoms with Crippen LogP contribution < -0.4 is 4.90 Å². The summed E-state index contributed by atoms with van der Waals surface area (Å²) in [4.78, 5) is 26.9. The number of rotatable bonds is 4. The molecule has 0 saturated carbocycles. The first-order valence-corrected chi connectivity index (χ1v) is 11.0. The van der Waals surface area contributed by atoms with E-state index in [2.05, 4.69) is 36.9 Å². The van der Waals surface area contributed by atoms with Crippen molar-refractivity contribution in [1.29, 1.82) is 5.26 Å². The summed E-state index contributed by atoms with van der Waals surface area (Å²) in [6.07, 6.45) is 3.40. The van der Waals surface area contributed by atoms with Crippen molar-refractivity contribution in [2.45, 2.75) is 9.92 Å². The molecule has 1 saturated heterocycles. The first-order valence-electron chi connectivity index (χ1n) is 9.43. The van der Waals surface area contributed by atoms with E-state index >= 15 is 0 Å². The summed E-state index contributed by atoms with van der Waals surface area (Å²) in [7, 11) is 0. The van der Waals surface area contributed by atoms with Crippen LogP contribution in [0, 0.1) is 11.3 Å². The maximum absolute atomic E-state index is 13.2. The van der Waals surface area contributed by atoms with Crippen LogP contribution >= 0.6 is 27.7 Å². The van der Waals surface area contributed by atoms with Crippen molar-refractivity contribution in [1.82, 2.24) is 14.9 Å². The lowest BCUT2D eigenvalue weighted by molar-refractivity contribution is 0.0742. The molecule has 0 N–H and O–H groups in total. The van der Waals surface area contributed by atoms with Crippen LogP contribution in [0.4, 0.5) is 5.82 Å². The molecule has 0 unspecified atom stereocenters. The van der Waals surface area contributed by atoms with Gasteiger partial charge in [-0.05, 0) is 48.5 Å². The van der Waals surface area contributed by atoms with E-state index < -0.39 is 0 Å². The molecule has 3 aromatic rings. The maximum atomic E-state index is 13.2. The Morgan fingerprint density at radius 2 is 1.70 bits per heavy atom. The van der Waals surface area contributed by atoms with E-state index in [0.717, 1.165) is 9.37 Å². The smallest absolute Gasteiger partial charge is 0.256 e. The van der Waals surface area contributed by atoms with Crippen molar-refractivity contribution < 1.29 is 4.79 Å². The molecule has 1 fully saturated rings. The molecule has 30 heavy (non-hydrogen) atoms. The second kappa shape index (κ2) is 9.28. The number of benzene rings is 1. The molecular formula is C22H18BrN5OS. The molecule has 8 heteroatoms. The molecule has 6 nitrogen and oxygen atoms in total. The molecular weight excluding hydrogens is 462 g/mol. The Kier molecular flexibility index (Phi) is 6.31. The van der Waals surface area contributed by atoms with Crippen molar-refractivity contribution in [3.63, 3.8) is 0 Å². The minimum Gasteiger partial charge on any atom is -0.352 e. The Balaban J connectivity index is 1.47. The summed E-state index contributed by atoms with van der Waals surface area (Å²) >= 11 is 4.92. The van der Waals surface area contributed by atoms with Crippen molar-refractivity contribution >= 4 is 39.4 Å². The number of amides is 1. The fourth-order valence-corrected chi connectivity index (χ4v) is 4.42. The third kappa shape index (κ3) is 4.48. The van der Waals surface area contributed by atoms with E-state index in [0.29, 0.717) is 48.1 Å². The molecule has 0 atom stereocenters. The number of carbonyl (C=O) groups excluding carboxylic acids is 1. The molecule has 1 aliphatic heterocycles. The zero-order chi connectivity index (χ0) is 20.9. The van der Waals surface area contributed by atoms with Gasteiger partial charge in [0.1, 0.15) is 16.9 Å². The van der Waals surface area contributed by atoms with E-state index in [4.69, 9.17) is 0 Å². The summed E-state index contributed by atoms with van der Waals surface area (Å²) < 4.78 is 1.01. The Morgan fingerprint density at radius 3 is 2.43 bits per heavy atom. The average Bonchev–Trinajstić information content (AvgIpc) is 2.80. The molecule has 1 amide bonds. The molecule has 0 bridgehead atoms. The van der Waals surface area contributed by atoms with Gasteiger partial charge in [0.2, 0.25) is 0 Å². The van der Waals surface area contributed by atoms with Gasteiger partial charge in [-0.3, -0.25) is 4.79 Å². The lowest BCUT2D eigenvalue weighted by atomic mass is 10.2. The number of anilines is 1. The molecule has 3 heterocycles. The SMILES string of the molecule is N#Cc1cccnc1N1CCN(C(=O)c2cccnc2Sc2ccc(Br)cc2)CC1. The average molecular weight is 480 g/mol. The minimum absolute atomic E-state index is 0.0242. The van der Waals surface area contributed by atoms with Gasteiger partial charge in [0.15, 0.2) is 0 Å². The Hall–Kier alpha value is -2.89. The van der Waals surface area contributed by atoms with E-state index in [1.807, 2.05) is 35.2 Å². The lowest BCUT2D eigenvalue weighted by Crippen LogP contribution is -2.49. The van der Waals surface area contributed by atoms with Crippen LogP contribution in [-0.2, 0) is 0 Å². The number of carbonyl (C=O) groups is 1. The molecule has 150 valence electrons. The zero-order valence-electron chi connectivity index (χ0n) is 16.0. The zero-order valence-corrected chi connectivity index (χ0v) is 18.4. The Labute approximate surface area is 187 Å². The number of aromatic nitrogens is 2. The number of nitriles is 1. The Morgan fingerprint density at radius 1 is 1.00 bits per heavy atom. The van der Waals surface area contributed by atoms with Crippen LogP contribution in [0.15, 0.2) is 75.3 Å². The van der Waals surface area contributed by atoms with Crippen LogP contribution in [-0.4, -0.2) is 47.0 Å². The fourth-order valence-electron chi connectivity index (χ4n) is 3.28. The summed E-state index contributed by atoms with van der Waals surface area (Å²) in [5, 5.41) is 10.0. The molecule has 0 aliphatic carbocycles. The quantitative estimate of drug-likeness (QED) is 0.557. The van der Waals surface area contributed by atoms with Gasteiger partial charge in [-0.2, -0.15) is 5.26 Å². The molecule has 1 aliphatic rings. The van der Waals surface area contributed by atoms with Gasteiger partial charge in [-0.1, -0.05) is 27.7 Å². The van der Waals surface area contributed by atoms with Crippen molar-refractivity contribution in [2.24, 2.45) is 0 Å². The number of hydrogen-bond donors (Lipinski definition) is 0. The summed E-state index contributed by atoms with van der Waals surface area (Å²) in [5.74, 6) is 0.656. The van der Waals surface area contributed by atoms with E-state index in [1.54, 1.807) is 30.6 Å². The highest BCUT2D eigenvalue weighted by Gasteiger charge is 2.26. The molecule has 0 radical (unpaired) electrons. The van der Waals surface area contributed by atoms with Crippen molar-refractivity contribution in [2.75, 3.05) is 31.1 Å². The van der Waals surface area contributed by atoms with Gasteiger partial charge in [-0.25, -0.2) is 9.97 Å². The van der Waals surface area contributed by atoms with E-state index in [1.165, 1.54) is 11.8 Å².